The Balaban J connectivity index is 0.000000628. The van der Waals surface area contributed by atoms with Gasteiger partial charge >= 0.3 is 5.97 Å². The summed E-state index contributed by atoms with van der Waals surface area (Å²) in [7, 11) is 6.87. The minimum Gasteiger partial charge on any atom is -0.471 e. The van der Waals surface area contributed by atoms with E-state index in [1.165, 1.54) is 36.5 Å². The Morgan fingerprint density at radius 3 is 2.52 bits per heavy atom. The summed E-state index contributed by atoms with van der Waals surface area (Å²) in [5, 5.41) is 3.71. The third-order valence-electron chi connectivity index (χ3n) is 6.23. The Hall–Kier alpha value is -2.57. The van der Waals surface area contributed by atoms with Gasteiger partial charge in [-0.2, -0.15) is 0 Å². The molecule has 0 saturated heterocycles. The van der Waals surface area contributed by atoms with Crippen LogP contribution in [0.15, 0.2) is 30.3 Å². The van der Waals surface area contributed by atoms with Crippen LogP contribution in [0.4, 0.5) is 5.69 Å². The highest BCUT2D eigenvalue weighted by Crippen LogP contribution is 2.44. The van der Waals surface area contributed by atoms with Crippen LogP contribution in [0, 0.1) is 0 Å². The highest BCUT2D eigenvalue weighted by atomic mass is 35.5. The molecule has 1 heterocycles. The van der Waals surface area contributed by atoms with Crippen molar-refractivity contribution >= 4 is 29.7 Å². The molecular weight excluding hydrogens is 416 g/mol. The number of methoxy groups -OCH3 is 2. The van der Waals surface area contributed by atoms with E-state index in [4.69, 9.17) is 21.1 Å². The second-order valence-electron chi connectivity index (χ2n) is 7.83. The molecule has 0 fully saturated rings. The van der Waals surface area contributed by atoms with Crippen molar-refractivity contribution in [3.8, 4) is 0 Å². The number of anilines is 1. The zero-order chi connectivity index (χ0) is 22.5. The van der Waals surface area contributed by atoms with Gasteiger partial charge in [0, 0.05) is 31.2 Å². The van der Waals surface area contributed by atoms with Crippen molar-refractivity contribution in [2.75, 3.05) is 40.2 Å². The van der Waals surface area contributed by atoms with Crippen LogP contribution in [0.2, 0.25) is 5.02 Å². The SMILES string of the molecule is CNc1ccc2c(c1)CCC1C2c2cc(C(=O)OC)c(Cl)cc2CCN1C.COC=O. The summed E-state index contributed by atoms with van der Waals surface area (Å²) in [6, 6.07) is 11.0. The topological polar surface area (TPSA) is 67.9 Å². The second kappa shape index (κ2) is 10.2. The quantitative estimate of drug-likeness (QED) is 0.572. The van der Waals surface area contributed by atoms with Gasteiger partial charge in [-0.25, -0.2) is 4.79 Å². The summed E-state index contributed by atoms with van der Waals surface area (Å²) in [5.41, 5.74) is 6.79. The average Bonchev–Trinajstić information content (AvgIpc) is 2.94. The first-order chi connectivity index (χ1) is 14.9. The van der Waals surface area contributed by atoms with Crippen LogP contribution in [0.1, 0.15) is 45.0 Å². The van der Waals surface area contributed by atoms with Crippen molar-refractivity contribution in [1.29, 1.82) is 0 Å². The lowest BCUT2D eigenvalue weighted by Gasteiger charge is -2.38. The van der Waals surface area contributed by atoms with Crippen molar-refractivity contribution < 1.29 is 19.1 Å². The molecule has 0 radical (unpaired) electrons. The van der Waals surface area contributed by atoms with Crippen LogP contribution < -0.4 is 5.32 Å². The fourth-order valence-electron chi connectivity index (χ4n) is 4.67. The Morgan fingerprint density at radius 1 is 1.16 bits per heavy atom. The lowest BCUT2D eigenvalue weighted by molar-refractivity contribution is -0.126. The van der Waals surface area contributed by atoms with E-state index in [1.807, 2.05) is 19.2 Å². The Kier molecular flexibility index (Phi) is 7.57. The molecule has 4 rings (SSSR count). The second-order valence-corrected chi connectivity index (χ2v) is 8.24. The molecule has 166 valence electrons. The number of carbonyl (C=O) groups excluding carboxylic acids is 2. The number of carbonyl (C=O) groups is 2. The summed E-state index contributed by atoms with van der Waals surface area (Å²) in [6.45, 7) is 1.37. The van der Waals surface area contributed by atoms with Crippen LogP contribution in [0.25, 0.3) is 0 Å². The lowest BCUT2D eigenvalue weighted by Crippen LogP contribution is -2.39. The van der Waals surface area contributed by atoms with Gasteiger partial charge in [-0.15, -0.1) is 0 Å². The third kappa shape index (κ3) is 4.70. The Bertz CT molecular complexity index is 963. The van der Waals surface area contributed by atoms with E-state index in [9.17, 15) is 4.79 Å². The number of hydrogen-bond acceptors (Lipinski definition) is 6. The van der Waals surface area contributed by atoms with Crippen molar-refractivity contribution in [2.24, 2.45) is 0 Å². The number of fused-ring (bicyclic) bond motifs is 5. The molecule has 6 nitrogen and oxygen atoms in total. The minimum atomic E-state index is -0.376. The first-order valence-corrected chi connectivity index (χ1v) is 10.7. The van der Waals surface area contributed by atoms with Gasteiger partial charge in [0.2, 0.25) is 0 Å². The van der Waals surface area contributed by atoms with Gasteiger partial charge in [0.1, 0.15) is 0 Å². The zero-order valence-electron chi connectivity index (χ0n) is 18.4. The van der Waals surface area contributed by atoms with Crippen LogP contribution in [0.3, 0.4) is 0 Å². The van der Waals surface area contributed by atoms with Crippen LogP contribution in [-0.2, 0) is 27.1 Å². The molecule has 1 aliphatic heterocycles. The molecule has 0 aromatic heterocycles. The van der Waals surface area contributed by atoms with Crippen molar-refractivity contribution in [2.45, 2.75) is 31.2 Å². The van der Waals surface area contributed by atoms with Gasteiger partial charge in [-0.1, -0.05) is 17.7 Å². The smallest absolute Gasteiger partial charge is 0.339 e. The molecule has 2 aromatic carbocycles. The summed E-state index contributed by atoms with van der Waals surface area (Å²) >= 11 is 6.42. The summed E-state index contributed by atoms with van der Waals surface area (Å²) < 4.78 is 8.82. The van der Waals surface area contributed by atoms with Gasteiger partial charge in [0.05, 0.1) is 24.8 Å². The van der Waals surface area contributed by atoms with Crippen LogP contribution in [-0.4, -0.2) is 58.2 Å². The number of hydrogen-bond donors (Lipinski definition) is 1. The maximum Gasteiger partial charge on any atom is 0.339 e. The molecule has 0 amide bonds. The van der Waals surface area contributed by atoms with Crippen LogP contribution >= 0.6 is 11.6 Å². The van der Waals surface area contributed by atoms with E-state index >= 15 is 0 Å². The number of likely N-dealkylation sites (N-methyl/N-ethyl adjacent to an activating group) is 1. The van der Waals surface area contributed by atoms with E-state index in [-0.39, 0.29) is 11.9 Å². The molecule has 2 aromatic rings. The van der Waals surface area contributed by atoms with Crippen LogP contribution in [0.5, 0.6) is 0 Å². The number of rotatable bonds is 3. The van der Waals surface area contributed by atoms with E-state index in [0.29, 0.717) is 23.1 Å². The standard InChI is InChI=1S/C22H25ClN2O2.C2H4O2/c1-24-15-5-6-16-13(10-15)4-7-20-21(16)17-12-18(22(26)27-3)19(23)11-14(17)8-9-25(20)2;1-4-2-3/h5-6,10-12,20-21,24H,4,7-9H2,1-3H3;2H,1H3. The predicted octanol–water partition coefficient (Wildman–Crippen LogP) is 3.89. The molecular formula is C24H29ClN2O4. The lowest BCUT2D eigenvalue weighted by atomic mass is 9.74. The largest absolute Gasteiger partial charge is 0.471 e. The van der Waals surface area contributed by atoms with Gasteiger partial charge < -0.3 is 19.7 Å². The van der Waals surface area contributed by atoms with Gasteiger partial charge in [-0.3, -0.25) is 4.79 Å². The number of nitrogens with zero attached hydrogens (tertiary/aromatic N) is 1. The molecule has 2 aliphatic rings. The average molecular weight is 445 g/mol. The van der Waals surface area contributed by atoms with Gasteiger partial charge in [-0.05, 0) is 72.8 Å². The molecule has 31 heavy (non-hydrogen) atoms. The van der Waals surface area contributed by atoms with Crippen molar-refractivity contribution in [3.63, 3.8) is 0 Å². The minimum absolute atomic E-state index is 0.239. The predicted molar refractivity (Wildman–Crippen MR) is 122 cm³/mol. The monoisotopic (exact) mass is 444 g/mol. The van der Waals surface area contributed by atoms with E-state index < -0.39 is 0 Å². The van der Waals surface area contributed by atoms with Crippen molar-refractivity contribution in [3.05, 3.63) is 63.2 Å². The number of aryl methyl sites for hydroxylation is 1. The Labute approximate surface area is 188 Å². The molecule has 2 unspecified atom stereocenters. The van der Waals surface area contributed by atoms with Crippen molar-refractivity contribution in [1.82, 2.24) is 4.90 Å². The fraction of sp³-hybridized carbons (Fsp3) is 0.417. The summed E-state index contributed by atoms with van der Waals surface area (Å²) in [5.74, 6) is -0.138. The van der Waals surface area contributed by atoms with E-state index in [1.54, 1.807) is 0 Å². The fourth-order valence-corrected chi connectivity index (χ4v) is 4.94. The molecule has 7 heteroatoms. The number of esters is 1. The van der Waals surface area contributed by atoms with E-state index in [2.05, 4.69) is 40.2 Å². The normalized spacial score (nSPS) is 19.4. The number of benzene rings is 2. The number of halogens is 1. The molecule has 0 saturated carbocycles. The van der Waals surface area contributed by atoms with Gasteiger partial charge in [0.15, 0.2) is 0 Å². The highest BCUT2D eigenvalue weighted by Gasteiger charge is 2.37. The molecule has 0 spiro atoms. The molecule has 2 atom stereocenters. The Morgan fingerprint density at radius 2 is 1.87 bits per heavy atom. The molecule has 1 aliphatic carbocycles. The summed E-state index contributed by atoms with van der Waals surface area (Å²) in [6.07, 6.45) is 3.12. The molecule has 1 N–H and O–H groups in total. The maximum atomic E-state index is 12.2. The van der Waals surface area contributed by atoms with Gasteiger partial charge in [0.25, 0.3) is 6.47 Å². The molecule has 0 bridgehead atoms. The summed E-state index contributed by atoms with van der Waals surface area (Å²) in [4.78, 5) is 23.6. The maximum absolute atomic E-state index is 12.2. The number of ether oxygens (including phenoxy) is 2. The number of nitrogens with one attached hydrogen (secondary N) is 1. The first kappa shape index (κ1) is 23.1. The third-order valence-corrected chi connectivity index (χ3v) is 6.54. The first-order valence-electron chi connectivity index (χ1n) is 10.3. The van der Waals surface area contributed by atoms with E-state index in [0.717, 1.165) is 31.5 Å². The highest BCUT2D eigenvalue weighted by molar-refractivity contribution is 6.33. The zero-order valence-corrected chi connectivity index (χ0v) is 19.2.